The maximum absolute atomic E-state index is 11.8. The van der Waals surface area contributed by atoms with Crippen molar-refractivity contribution >= 4 is 28.8 Å². The number of carbonyl (C=O) groups is 1. The standard InChI is InChI=1S/C13H14N4O5/c18-13(14-9-1-5-11(6-2-9)16(19)20)15-10-3-7-12(8-4-10)17(21)22/h1-8,16-17,19,21H,(H2,14,15,18). The van der Waals surface area contributed by atoms with Crippen molar-refractivity contribution in [2.45, 2.75) is 0 Å². The van der Waals surface area contributed by atoms with E-state index in [0.29, 0.717) is 11.4 Å². The van der Waals surface area contributed by atoms with Gasteiger partial charge in [-0.3, -0.25) is 0 Å². The zero-order chi connectivity index (χ0) is 16.1. The molecule has 0 heterocycles. The van der Waals surface area contributed by atoms with E-state index < -0.39 is 16.5 Å². The van der Waals surface area contributed by atoms with E-state index in [9.17, 15) is 15.2 Å². The summed E-state index contributed by atoms with van der Waals surface area (Å²) in [5.74, 6) is 0. The van der Waals surface area contributed by atoms with Gasteiger partial charge in [0.15, 0.2) is 11.4 Å². The van der Waals surface area contributed by atoms with Gasteiger partial charge in [-0.1, -0.05) is 0 Å². The quantitative estimate of drug-likeness (QED) is 0.446. The first-order valence-corrected chi connectivity index (χ1v) is 6.20. The Labute approximate surface area is 125 Å². The molecule has 6 N–H and O–H groups in total. The zero-order valence-corrected chi connectivity index (χ0v) is 11.2. The van der Waals surface area contributed by atoms with Gasteiger partial charge < -0.3 is 21.0 Å². The fourth-order valence-electron chi connectivity index (χ4n) is 1.69. The number of hydrogen-bond donors (Lipinski definition) is 6. The van der Waals surface area contributed by atoms with Crippen molar-refractivity contribution in [2.24, 2.45) is 0 Å². The molecule has 2 aromatic carbocycles. The Balaban J connectivity index is 1.94. The monoisotopic (exact) mass is 306 g/mol. The summed E-state index contributed by atoms with van der Waals surface area (Å²) in [5, 5.41) is 41.9. The Kier molecular flexibility index (Phi) is 5.01. The predicted octanol–water partition coefficient (Wildman–Crippen LogP) is 0.137. The highest BCUT2D eigenvalue weighted by Crippen LogP contribution is 2.13. The zero-order valence-electron chi connectivity index (χ0n) is 11.2. The molecule has 2 atom stereocenters. The number of carbonyl (C=O) groups excluding carboxylic acids is 1. The van der Waals surface area contributed by atoms with Crippen LogP contribution in [-0.4, -0.2) is 16.4 Å². The number of hydrogen-bond acceptors (Lipinski definition) is 5. The lowest BCUT2D eigenvalue weighted by molar-refractivity contribution is -0.991. The normalized spacial score (nSPS) is 13.3. The third-order valence-corrected chi connectivity index (χ3v) is 2.78. The molecule has 0 aliphatic heterocycles. The Morgan fingerprint density at radius 2 is 1.09 bits per heavy atom. The van der Waals surface area contributed by atoms with Crippen molar-refractivity contribution in [2.75, 3.05) is 10.6 Å². The molecule has 2 amide bonds. The SMILES string of the molecule is O=C(Nc1ccc([NH+]([O-])O)cc1)Nc1ccc([NH+]([O-])O)cc1. The van der Waals surface area contributed by atoms with Gasteiger partial charge >= 0.3 is 6.03 Å². The van der Waals surface area contributed by atoms with Crippen LogP contribution in [0.2, 0.25) is 0 Å². The summed E-state index contributed by atoms with van der Waals surface area (Å²) >= 11 is 0. The van der Waals surface area contributed by atoms with Crippen molar-refractivity contribution in [3.63, 3.8) is 0 Å². The fraction of sp³-hybridized carbons (Fsp3) is 0. The van der Waals surface area contributed by atoms with Crippen LogP contribution in [0, 0.1) is 10.4 Å². The molecule has 2 rings (SSSR count). The van der Waals surface area contributed by atoms with Gasteiger partial charge in [0.1, 0.15) is 0 Å². The Morgan fingerprint density at radius 3 is 1.36 bits per heavy atom. The minimum Gasteiger partial charge on any atom is -0.595 e. The molecular weight excluding hydrogens is 292 g/mol. The third-order valence-electron chi connectivity index (χ3n) is 2.78. The van der Waals surface area contributed by atoms with Gasteiger partial charge in [-0.05, 0) is 24.3 Å². The summed E-state index contributed by atoms with van der Waals surface area (Å²) in [6.45, 7) is 0. The number of rotatable bonds is 4. The van der Waals surface area contributed by atoms with Crippen LogP contribution in [0.1, 0.15) is 0 Å². The van der Waals surface area contributed by atoms with E-state index >= 15 is 0 Å². The van der Waals surface area contributed by atoms with Crippen LogP contribution in [0.5, 0.6) is 0 Å². The molecule has 0 aromatic heterocycles. The molecule has 0 saturated heterocycles. The topological polar surface area (TPSA) is 137 Å². The van der Waals surface area contributed by atoms with Crippen molar-refractivity contribution < 1.29 is 25.7 Å². The fourth-order valence-corrected chi connectivity index (χ4v) is 1.69. The van der Waals surface area contributed by atoms with Crippen LogP contribution in [0.25, 0.3) is 0 Å². The smallest absolute Gasteiger partial charge is 0.323 e. The summed E-state index contributed by atoms with van der Waals surface area (Å²) in [4.78, 5) is 11.8. The number of quaternary nitrogens is 2. The molecule has 116 valence electrons. The van der Waals surface area contributed by atoms with Crippen molar-refractivity contribution in [3.8, 4) is 0 Å². The molecule has 0 fully saturated rings. The van der Waals surface area contributed by atoms with E-state index in [-0.39, 0.29) is 11.4 Å². The van der Waals surface area contributed by atoms with E-state index in [4.69, 9.17) is 10.4 Å². The molecule has 0 saturated carbocycles. The second-order valence-electron chi connectivity index (χ2n) is 4.34. The molecule has 0 aliphatic rings. The second-order valence-corrected chi connectivity index (χ2v) is 4.34. The van der Waals surface area contributed by atoms with Gasteiger partial charge in [0.25, 0.3) is 0 Å². The number of nitrogens with one attached hydrogen (secondary N) is 4. The Morgan fingerprint density at radius 1 is 0.773 bits per heavy atom. The maximum Gasteiger partial charge on any atom is 0.323 e. The van der Waals surface area contributed by atoms with Gasteiger partial charge in [0.05, 0.1) is 0 Å². The number of anilines is 2. The number of urea groups is 1. The first-order chi connectivity index (χ1) is 10.5. The maximum atomic E-state index is 11.8. The summed E-state index contributed by atoms with van der Waals surface area (Å²) in [7, 11) is 0. The second kappa shape index (κ2) is 6.95. The largest absolute Gasteiger partial charge is 0.595 e. The number of amides is 2. The minimum atomic E-state index is -1.05. The van der Waals surface area contributed by atoms with Gasteiger partial charge in [0, 0.05) is 35.6 Å². The minimum absolute atomic E-state index is 0.121. The summed E-state index contributed by atoms with van der Waals surface area (Å²) in [5.41, 5.74) is 1.11. The summed E-state index contributed by atoms with van der Waals surface area (Å²) in [6.07, 6.45) is 0. The molecule has 0 aliphatic carbocycles. The highest BCUT2D eigenvalue weighted by atomic mass is 16.8. The highest BCUT2D eigenvalue weighted by Gasteiger charge is 2.05. The average Bonchev–Trinajstić information content (AvgIpc) is 2.48. The van der Waals surface area contributed by atoms with Crippen LogP contribution in [-0.2, 0) is 0 Å². The van der Waals surface area contributed by atoms with Gasteiger partial charge in [0.2, 0.25) is 0 Å². The average molecular weight is 306 g/mol. The lowest BCUT2D eigenvalue weighted by atomic mass is 10.3. The molecule has 0 spiro atoms. The van der Waals surface area contributed by atoms with E-state index in [0.717, 1.165) is 0 Å². The van der Waals surface area contributed by atoms with E-state index in [2.05, 4.69) is 10.6 Å². The van der Waals surface area contributed by atoms with Gasteiger partial charge in [-0.15, -0.1) is 0 Å². The summed E-state index contributed by atoms with van der Waals surface area (Å²) < 4.78 is 0. The van der Waals surface area contributed by atoms with Gasteiger partial charge in [-0.2, -0.15) is 10.5 Å². The number of benzene rings is 2. The lowest BCUT2D eigenvalue weighted by Gasteiger charge is -2.13. The van der Waals surface area contributed by atoms with Crippen molar-refractivity contribution in [3.05, 3.63) is 58.9 Å². The van der Waals surface area contributed by atoms with E-state index in [1.54, 1.807) is 0 Å². The van der Waals surface area contributed by atoms with Crippen LogP contribution >= 0.6 is 0 Å². The van der Waals surface area contributed by atoms with Crippen LogP contribution < -0.4 is 21.1 Å². The lowest BCUT2D eigenvalue weighted by Crippen LogP contribution is -2.99. The van der Waals surface area contributed by atoms with Crippen molar-refractivity contribution in [1.82, 2.24) is 0 Å². The first-order valence-electron chi connectivity index (χ1n) is 6.20. The highest BCUT2D eigenvalue weighted by molar-refractivity contribution is 5.99. The molecule has 0 bridgehead atoms. The van der Waals surface area contributed by atoms with Gasteiger partial charge in [-0.25, -0.2) is 15.2 Å². The Hall–Kier alpha value is -2.53. The molecule has 2 aromatic rings. The summed E-state index contributed by atoms with van der Waals surface area (Å²) in [6, 6.07) is 10.9. The first kappa shape index (κ1) is 15.9. The molecular formula is C13H14N4O5. The van der Waals surface area contributed by atoms with Crippen molar-refractivity contribution in [1.29, 1.82) is 0 Å². The molecule has 0 radical (unpaired) electrons. The molecule has 2 unspecified atom stereocenters. The molecule has 9 heteroatoms. The van der Waals surface area contributed by atoms with Crippen LogP contribution in [0.3, 0.4) is 0 Å². The van der Waals surface area contributed by atoms with Crippen LogP contribution in [0.4, 0.5) is 27.5 Å². The Bertz CT molecular complexity index is 572. The molecule has 9 nitrogen and oxygen atoms in total. The predicted molar refractivity (Wildman–Crippen MR) is 77.1 cm³/mol. The van der Waals surface area contributed by atoms with E-state index in [1.165, 1.54) is 48.5 Å². The van der Waals surface area contributed by atoms with Crippen LogP contribution in [0.15, 0.2) is 48.5 Å². The third kappa shape index (κ3) is 4.23. The van der Waals surface area contributed by atoms with E-state index in [1.807, 2.05) is 0 Å². The molecule has 22 heavy (non-hydrogen) atoms.